The zero-order valence-corrected chi connectivity index (χ0v) is 19.9. The van der Waals surface area contributed by atoms with Gasteiger partial charge in [-0.15, -0.1) is 24.0 Å². The maximum atomic E-state index is 11.9. The predicted octanol–water partition coefficient (Wildman–Crippen LogP) is 2.35. The molecule has 1 aliphatic rings. The monoisotopic (exact) mass is 515 g/mol. The number of carbonyl (C=O) groups excluding carboxylic acids is 2. The van der Waals surface area contributed by atoms with Crippen LogP contribution < -0.4 is 16.4 Å². The van der Waals surface area contributed by atoms with Gasteiger partial charge in [0, 0.05) is 32.7 Å². The Balaban J connectivity index is 0.00000420. The van der Waals surface area contributed by atoms with E-state index < -0.39 is 5.91 Å². The van der Waals surface area contributed by atoms with Crippen LogP contribution in [-0.4, -0.2) is 49.9 Å². The average molecular weight is 515 g/mol. The van der Waals surface area contributed by atoms with E-state index in [1.165, 1.54) is 25.7 Å². The van der Waals surface area contributed by atoms with Crippen molar-refractivity contribution >= 4 is 41.8 Å². The molecule has 0 atom stereocenters. The van der Waals surface area contributed by atoms with Crippen molar-refractivity contribution in [3.8, 4) is 0 Å². The van der Waals surface area contributed by atoms with Crippen molar-refractivity contribution in [2.45, 2.75) is 39.2 Å². The molecule has 4 N–H and O–H groups in total. The molecule has 0 spiro atoms. The highest BCUT2D eigenvalue weighted by Gasteiger charge is 2.20. The molecule has 0 aliphatic heterocycles. The summed E-state index contributed by atoms with van der Waals surface area (Å²) in [5.74, 6) is 1.60. The fourth-order valence-electron chi connectivity index (χ4n) is 3.59. The van der Waals surface area contributed by atoms with Crippen LogP contribution in [-0.2, 0) is 11.3 Å². The van der Waals surface area contributed by atoms with Gasteiger partial charge in [0.25, 0.3) is 5.91 Å². The van der Waals surface area contributed by atoms with E-state index in [4.69, 9.17) is 5.73 Å². The minimum absolute atomic E-state index is 0. The minimum Gasteiger partial charge on any atom is -0.368 e. The Morgan fingerprint density at radius 1 is 1.14 bits per heavy atom. The zero-order chi connectivity index (χ0) is 20.5. The molecule has 1 aromatic rings. The van der Waals surface area contributed by atoms with E-state index in [9.17, 15) is 9.59 Å². The molecule has 162 valence electrons. The van der Waals surface area contributed by atoms with Gasteiger partial charge in [-0.2, -0.15) is 0 Å². The molecule has 29 heavy (non-hydrogen) atoms. The standard InChI is InChI=1S/C21H33N5O2.HI/c1-15-4-6-17(7-5-15)14-26(3)21(23-2)25-12-16-8-10-18(11-9-16)20(28)24-13-19(22)27;/h8-11,15,17H,4-7,12-14H2,1-3H3,(H2,22,27)(H,23,25)(H,24,28);1H. The first kappa shape index (κ1) is 25.2. The number of nitrogens with one attached hydrogen (secondary N) is 2. The number of rotatable bonds is 7. The third-order valence-electron chi connectivity index (χ3n) is 5.33. The number of primary amides is 1. The van der Waals surface area contributed by atoms with Crippen LogP contribution in [0.3, 0.4) is 0 Å². The van der Waals surface area contributed by atoms with E-state index in [1.54, 1.807) is 19.2 Å². The van der Waals surface area contributed by atoms with E-state index in [2.05, 4.69) is 34.5 Å². The molecular formula is C21H34IN5O2. The summed E-state index contributed by atoms with van der Waals surface area (Å²) in [4.78, 5) is 29.3. The normalized spacial score (nSPS) is 19.1. The molecule has 0 radical (unpaired) electrons. The Hall–Kier alpha value is -1.84. The van der Waals surface area contributed by atoms with Crippen LogP contribution in [0.2, 0.25) is 0 Å². The molecule has 1 aliphatic carbocycles. The van der Waals surface area contributed by atoms with Gasteiger partial charge in [0.05, 0.1) is 6.54 Å². The Kier molecular flexibility index (Phi) is 11.0. The van der Waals surface area contributed by atoms with Crippen LogP contribution in [0.15, 0.2) is 29.3 Å². The number of hydrogen-bond donors (Lipinski definition) is 3. The van der Waals surface area contributed by atoms with E-state index in [1.807, 2.05) is 12.1 Å². The number of aliphatic imine (C=N–C) groups is 1. The molecule has 1 saturated carbocycles. The van der Waals surface area contributed by atoms with Crippen LogP contribution in [0, 0.1) is 11.8 Å². The lowest BCUT2D eigenvalue weighted by atomic mass is 9.83. The van der Waals surface area contributed by atoms with Gasteiger partial charge in [0.15, 0.2) is 5.96 Å². The summed E-state index contributed by atoms with van der Waals surface area (Å²) >= 11 is 0. The van der Waals surface area contributed by atoms with E-state index in [0.717, 1.165) is 29.9 Å². The topological polar surface area (TPSA) is 99.8 Å². The van der Waals surface area contributed by atoms with E-state index in [-0.39, 0.29) is 36.4 Å². The SMILES string of the molecule is CN=C(NCc1ccc(C(=O)NCC(N)=O)cc1)N(C)CC1CCC(C)CC1.I. The number of hydrogen-bond acceptors (Lipinski definition) is 3. The third-order valence-corrected chi connectivity index (χ3v) is 5.33. The highest BCUT2D eigenvalue weighted by Crippen LogP contribution is 2.28. The average Bonchev–Trinajstić information content (AvgIpc) is 2.68. The number of nitrogens with zero attached hydrogens (tertiary/aromatic N) is 2. The Morgan fingerprint density at radius 3 is 2.31 bits per heavy atom. The lowest BCUT2D eigenvalue weighted by Crippen LogP contribution is -2.41. The summed E-state index contributed by atoms with van der Waals surface area (Å²) in [6.07, 6.45) is 5.23. The Bertz CT molecular complexity index is 685. The Labute approximate surface area is 190 Å². The summed E-state index contributed by atoms with van der Waals surface area (Å²) in [5.41, 5.74) is 6.58. The molecule has 0 bridgehead atoms. The third kappa shape index (κ3) is 8.59. The van der Waals surface area contributed by atoms with E-state index in [0.29, 0.717) is 12.1 Å². The van der Waals surface area contributed by atoms with Crippen LogP contribution in [0.4, 0.5) is 0 Å². The van der Waals surface area contributed by atoms with Crippen LogP contribution in [0.25, 0.3) is 0 Å². The highest BCUT2D eigenvalue weighted by molar-refractivity contribution is 14.0. The molecule has 0 heterocycles. The van der Waals surface area contributed by atoms with Crippen molar-refractivity contribution in [2.75, 3.05) is 27.2 Å². The predicted molar refractivity (Wildman–Crippen MR) is 127 cm³/mol. The molecule has 2 amide bonds. The first-order valence-electron chi connectivity index (χ1n) is 9.96. The molecule has 0 unspecified atom stereocenters. The molecule has 0 aromatic heterocycles. The van der Waals surface area contributed by atoms with E-state index >= 15 is 0 Å². The van der Waals surface area contributed by atoms with Gasteiger partial charge in [-0.05, 0) is 42.4 Å². The van der Waals surface area contributed by atoms with Gasteiger partial charge >= 0.3 is 0 Å². The van der Waals surface area contributed by atoms with Gasteiger partial charge in [0.1, 0.15) is 0 Å². The molecule has 1 aromatic carbocycles. The van der Waals surface area contributed by atoms with Gasteiger partial charge in [-0.1, -0.05) is 31.9 Å². The fourth-order valence-corrected chi connectivity index (χ4v) is 3.59. The zero-order valence-electron chi connectivity index (χ0n) is 17.6. The lowest BCUT2D eigenvalue weighted by molar-refractivity contribution is -0.117. The molecule has 8 heteroatoms. The smallest absolute Gasteiger partial charge is 0.251 e. The molecule has 1 fully saturated rings. The fraction of sp³-hybridized carbons (Fsp3) is 0.571. The summed E-state index contributed by atoms with van der Waals surface area (Å²) in [5, 5.41) is 5.87. The minimum atomic E-state index is -0.563. The highest BCUT2D eigenvalue weighted by atomic mass is 127. The van der Waals surface area contributed by atoms with Crippen molar-refractivity contribution in [2.24, 2.45) is 22.6 Å². The second-order valence-electron chi connectivity index (χ2n) is 7.75. The van der Waals surface area contributed by atoms with Gasteiger partial charge in [-0.25, -0.2) is 0 Å². The van der Waals surface area contributed by atoms with Crippen molar-refractivity contribution in [1.82, 2.24) is 15.5 Å². The summed E-state index contributed by atoms with van der Waals surface area (Å²) < 4.78 is 0. The van der Waals surface area contributed by atoms with Crippen molar-refractivity contribution < 1.29 is 9.59 Å². The van der Waals surface area contributed by atoms with Gasteiger partial charge in [0.2, 0.25) is 5.91 Å². The number of amides is 2. The van der Waals surface area contributed by atoms with Gasteiger partial charge in [-0.3, -0.25) is 14.6 Å². The molecule has 0 saturated heterocycles. The number of nitrogens with two attached hydrogens (primary N) is 1. The van der Waals surface area contributed by atoms with Gasteiger partial charge < -0.3 is 21.3 Å². The van der Waals surface area contributed by atoms with Crippen LogP contribution >= 0.6 is 24.0 Å². The van der Waals surface area contributed by atoms with Crippen molar-refractivity contribution in [1.29, 1.82) is 0 Å². The number of benzene rings is 1. The molecule has 7 nitrogen and oxygen atoms in total. The Morgan fingerprint density at radius 2 is 1.76 bits per heavy atom. The number of halogens is 1. The summed E-state index contributed by atoms with van der Waals surface area (Å²) in [6, 6.07) is 7.26. The maximum Gasteiger partial charge on any atom is 0.251 e. The van der Waals surface area contributed by atoms with Crippen LogP contribution in [0.5, 0.6) is 0 Å². The molecular weight excluding hydrogens is 481 g/mol. The summed E-state index contributed by atoms with van der Waals surface area (Å²) in [6.45, 7) is 3.82. The lowest BCUT2D eigenvalue weighted by Gasteiger charge is -2.31. The summed E-state index contributed by atoms with van der Waals surface area (Å²) in [7, 11) is 3.88. The largest absolute Gasteiger partial charge is 0.368 e. The number of carbonyl (C=O) groups is 2. The maximum absolute atomic E-state index is 11.9. The second-order valence-corrected chi connectivity index (χ2v) is 7.75. The second kappa shape index (κ2) is 12.7. The first-order valence-corrected chi connectivity index (χ1v) is 9.96. The van der Waals surface area contributed by atoms with Crippen LogP contribution in [0.1, 0.15) is 48.5 Å². The molecule has 2 rings (SSSR count). The number of guanidine groups is 1. The van der Waals surface area contributed by atoms with Crippen molar-refractivity contribution in [3.05, 3.63) is 35.4 Å². The first-order chi connectivity index (χ1) is 13.4. The van der Waals surface area contributed by atoms with Crippen molar-refractivity contribution in [3.63, 3.8) is 0 Å². The quantitative estimate of drug-likeness (QED) is 0.295.